The van der Waals surface area contributed by atoms with Crippen LogP contribution < -0.4 is 0 Å². The van der Waals surface area contributed by atoms with Crippen LogP contribution in [0, 0.1) is 0 Å². The molecule has 0 heterocycles. The first-order chi connectivity index (χ1) is 14.1. The van der Waals surface area contributed by atoms with Gasteiger partial charge in [0.2, 0.25) is 6.08 Å². The summed E-state index contributed by atoms with van der Waals surface area (Å²) in [5.74, 6) is -1.12. The fourth-order valence-corrected chi connectivity index (χ4v) is 3.58. The van der Waals surface area contributed by atoms with Crippen LogP contribution in [0.4, 0.5) is 0 Å². The van der Waals surface area contributed by atoms with Gasteiger partial charge in [0.15, 0.2) is 6.04 Å². The third-order valence-electron chi connectivity index (χ3n) is 5.02. The first-order valence-electron chi connectivity index (χ1n) is 9.64. The van der Waals surface area contributed by atoms with Crippen molar-refractivity contribution in [3.8, 4) is 0 Å². The SMILES string of the molecule is CCCC[O].O=C=NC(Cc1ccc2ccc3cccc4ccc1c2c34)C(=O)O. The molecular formula is C24H22NO4. The standard InChI is InChI=1S/C20H13NO3.C4H9O/c22-11-21-17(20(23)24)10-15-7-6-14-5-4-12-2-1-3-13-8-9-16(15)19(14)18(12)13;1-2-3-4-5/h1-9,17H,10H2,(H,23,24);2-4H2,1H3. The second kappa shape index (κ2) is 9.28. The highest BCUT2D eigenvalue weighted by Gasteiger charge is 2.19. The fraction of sp³-hybridized carbons (Fsp3) is 0.250. The van der Waals surface area contributed by atoms with Crippen molar-refractivity contribution in [2.45, 2.75) is 32.2 Å². The van der Waals surface area contributed by atoms with Crippen molar-refractivity contribution in [1.82, 2.24) is 0 Å². The van der Waals surface area contributed by atoms with Crippen molar-refractivity contribution in [3.05, 3.63) is 60.2 Å². The van der Waals surface area contributed by atoms with E-state index in [4.69, 9.17) is 0 Å². The molecule has 147 valence electrons. The zero-order valence-electron chi connectivity index (χ0n) is 16.2. The lowest BCUT2D eigenvalue weighted by Crippen LogP contribution is -2.20. The van der Waals surface area contributed by atoms with E-state index in [9.17, 15) is 19.8 Å². The van der Waals surface area contributed by atoms with Crippen molar-refractivity contribution in [3.63, 3.8) is 0 Å². The third-order valence-corrected chi connectivity index (χ3v) is 5.02. The molecule has 0 amide bonds. The minimum Gasteiger partial charge on any atom is -0.480 e. The van der Waals surface area contributed by atoms with Gasteiger partial charge in [0.05, 0.1) is 6.61 Å². The van der Waals surface area contributed by atoms with Gasteiger partial charge in [-0.1, -0.05) is 67.9 Å². The Kier molecular flexibility index (Phi) is 6.55. The van der Waals surface area contributed by atoms with Crippen LogP contribution in [0.3, 0.4) is 0 Å². The van der Waals surface area contributed by atoms with Crippen LogP contribution in [0.5, 0.6) is 0 Å². The van der Waals surface area contributed by atoms with E-state index >= 15 is 0 Å². The molecule has 1 unspecified atom stereocenters. The third kappa shape index (κ3) is 4.27. The molecule has 0 aliphatic rings. The summed E-state index contributed by atoms with van der Waals surface area (Å²) < 4.78 is 0. The molecule has 5 heteroatoms. The molecule has 1 atom stereocenters. The van der Waals surface area contributed by atoms with Crippen LogP contribution >= 0.6 is 0 Å². The van der Waals surface area contributed by atoms with Gasteiger partial charge in [-0.15, -0.1) is 0 Å². The molecule has 1 radical (unpaired) electrons. The summed E-state index contributed by atoms with van der Waals surface area (Å²) in [6.07, 6.45) is 3.39. The smallest absolute Gasteiger partial charge is 0.329 e. The number of nitrogens with zero attached hydrogens (tertiary/aromatic N) is 1. The van der Waals surface area contributed by atoms with E-state index in [0.717, 1.165) is 45.3 Å². The number of hydrogen-bond donors (Lipinski definition) is 1. The lowest BCUT2D eigenvalue weighted by atomic mass is 9.90. The highest BCUT2D eigenvalue weighted by atomic mass is 16.4. The number of carbonyl (C=O) groups excluding carboxylic acids is 1. The quantitative estimate of drug-likeness (QED) is 0.282. The van der Waals surface area contributed by atoms with Gasteiger partial charge < -0.3 is 5.11 Å². The highest BCUT2D eigenvalue weighted by molar-refractivity contribution is 6.23. The van der Waals surface area contributed by atoms with Crippen molar-refractivity contribution >= 4 is 44.4 Å². The largest absolute Gasteiger partial charge is 0.480 e. The van der Waals surface area contributed by atoms with Gasteiger partial charge in [0.1, 0.15) is 0 Å². The first-order valence-corrected chi connectivity index (χ1v) is 9.64. The van der Waals surface area contributed by atoms with Gasteiger partial charge in [-0.25, -0.2) is 14.7 Å². The molecule has 0 aromatic heterocycles. The van der Waals surface area contributed by atoms with Crippen molar-refractivity contribution < 1.29 is 19.8 Å². The second-order valence-electron chi connectivity index (χ2n) is 6.92. The number of hydrogen-bond acceptors (Lipinski definition) is 3. The van der Waals surface area contributed by atoms with E-state index in [1.165, 1.54) is 11.5 Å². The topological polar surface area (TPSA) is 86.6 Å². The van der Waals surface area contributed by atoms with Gasteiger partial charge >= 0.3 is 5.97 Å². The molecule has 0 saturated carbocycles. The van der Waals surface area contributed by atoms with E-state index in [0.29, 0.717) is 0 Å². The summed E-state index contributed by atoms with van der Waals surface area (Å²) in [4.78, 5) is 25.2. The molecule has 4 rings (SSSR count). The van der Waals surface area contributed by atoms with Crippen LogP contribution in [0.15, 0.2) is 59.6 Å². The number of isocyanates is 1. The number of carbonyl (C=O) groups is 1. The van der Waals surface area contributed by atoms with Crippen molar-refractivity contribution in [1.29, 1.82) is 0 Å². The number of aliphatic imine (C=N–C) groups is 1. The predicted molar refractivity (Wildman–Crippen MR) is 114 cm³/mol. The zero-order valence-corrected chi connectivity index (χ0v) is 16.2. The van der Waals surface area contributed by atoms with Gasteiger partial charge in [0.25, 0.3) is 0 Å². The van der Waals surface area contributed by atoms with E-state index in [1.54, 1.807) is 0 Å². The Labute approximate surface area is 168 Å². The Bertz CT molecular complexity index is 1160. The van der Waals surface area contributed by atoms with Crippen LogP contribution in [0.2, 0.25) is 0 Å². The molecule has 1 N–H and O–H groups in total. The number of carboxylic acids is 1. The lowest BCUT2D eigenvalue weighted by molar-refractivity contribution is -0.138. The van der Waals surface area contributed by atoms with Crippen molar-refractivity contribution in [2.75, 3.05) is 6.61 Å². The fourth-order valence-electron chi connectivity index (χ4n) is 3.58. The minimum atomic E-state index is -1.12. The molecule has 0 aliphatic heterocycles. The Hall–Kier alpha value is -3.27. The monoisotopic (exact) mass is 388 g/mol. The number of unbranched alkanes of at least 4 members (excludes halogenated alkanes) is 1. The van der Waals surface area contributed by atoms with Gasteiger partial charge in [-0.05, 0) is 44.3 Å². The van der Waals surface area contributed by atoms with Gasteiger partial charge in [-0.2, -0.15) is 4.99 Å². The maximum Gasteiger partial charge on any atom is 0.329 e. The molecule has 29 heavy (non-hydrogen) atoms. The van der Waals surface area contributed by atoms with Crippen LogP contribution in [0.1, 0.15) is 25.3 Å². The Balaban J connectivity index is 0.000000431. The molecule has 4 aromatic rings. The second-order valence-corrected chi connectivity index (χ2v) is 6.92. The molecule has 0 spiro atoms. The number of rotatable bonds is 6. The summed E-state index contributed by atoms with van der Waals surface area (Å²) in [6.45, 7) is 2.11. The Morgan fingerprint density at radius 1 is 1.00 bits per heavy atom. The maximum absolute atomic E-state index is 11.3. The highest BCUT2D eigenvalue weighted by Crippen LogP contribution is 2.36. The summed E-state index contributed by atoms with van der Waals surface area (Å²) in [7, 11) is 0. The van der Waals surface area contributed by atoms with Crippen molar-refractivity contribution in [2.24, 2.45) is 4.99 Å². The van der Waals surface area contributed by atoms with E-state index in [1.807, 2.05) is 37.3 Å². The van der Waals surface area contributed by atoms with Crippen LogP contribution in [-0.4, -0.2) is 29.8 Å². The Morgan fingerprint density at radius 3 is 2.17 bits per heavy atom. The average molecular weight is 388 g/mol. The number of aliphatic carboxylic acids is 1. The summed E-state index contributed by atoms with van der Waals surface area (Å²) in [5.41, 5.74) is 0.868. The molecule has 5 nitrogen and oxygen atoms in total. The van der Waals surface area contributed by atoms with E-state index < -0.39 is 12.0 Å². The molecule has 0 bridgehead atoms. The average Bonchev–Trinajstić information content (AvgIpc) is 2.73. The van der Waals surface area contributed by atoms with E-state index in [2.05, 4.69) is 29.3 Å². The summed E-state index contributed by atoms with van der Waals surface area (Å²) >= 11 is 0. The van der Waals surface area contributed by atoms with Crippen LogP contribution in [-0.2, 0) is 21.1 Å². The first kappa shape index (κ1) is 20.5. The molecular weight excluding hydrogens is 366 g/mol. The molecule has 4 aromatic carbocycles. The van der Waals surface area contributed by atoms with Crippen LogP contribution in [0.25, 0.3) is 32.3 Å². The maximum atomic E-state index is 11.3. The molecule has 0 aliphatic carbocycles. The number of benzene rings is 4. The minimum absolute atomic E-state index is 0.0938. The zero-order chi connectivity index (χ0) is 20.8. The van der Waals surface area contributed by atoms with Gasteiger partial charge in [-0.3, -0.25) is 0 Å². The molecule has 0 fully saturated rings. The lowest BCUT2D eigenvalue weighted by Gasteiger charge is -2.14. The Morgan fingerprint density at radius 2 is 1.62 bits per heavy atom. The van der Waals surface area contributed by atoms with E-state index in [-0.39, 0.29) is 13.0 Å². The summed E-state index contributed by atoms with van der Waals surface area (Å²) in [6, 6.07) is 17.2. The summed E-state index contributed by atoms with van der Waals surface area (Å²) in [5, 5.41) is 25.5. The molecule has 0 saturated heterocycles. The predicted octanol–water partition coefficient (Wildman–Crippen LogP) is 5.13. The normalized spacial score (nSPS) is 11.8. The van der Waals surface area contributed by atoms with Gasteiger partial charge in [0, 0.05) is 6.42 Å². The number of carboxylic acid groups (broad SMARTS) is 1.